The number of aromatic nitrogens is 3. The molecule has 29 heavy (non-hydrogen) atoms. The van der Waals surface area contributed by atoms with Gasteiger partial charge in [0.1, 0.15) is 12.2 Å². The van der Waals surface area contributed by atoms with E-state index in [1.807, 2.05) is 47.9 Å². The number of benzene rings is 1. The second-order valence-corrected chi connectivity index (χ2v) is 8.00. The highest BCUT2D eigenvalue weighted by Crippen LogP contribution is 2.25. The zero-order valence-electron chi connectivity index (χ0n) is 15.8. The number of nitriles is 1. The van der Waals surface area contributed by atoms with Crippen molar-refractivity contribution < 1.29 is 4.79 Å². The van der Waals surface area contributed by atoms with Crippen molar-refractivity contribution in [2.75, 3.05) is 0 Å². The molecule has 0 aliphatic rings. The molecule has 3 aromatic heterocycles. The quantitative estimate of drug-likeness (QED) is 0.456. The first-order chi connectivity index (χ1) is 14.1. The number of para-hydroxylation sites is 1. The minimum absolute atomic E-state index is 0.136. The van der Waals surface area contributed by atoms with Crippen molar-refractivity contribution in [2.45, 2.75) is 26.4 Å². The largest absolute Gasteiger partial charge is 0.346 e. The van der Waals surface area contributed by atoms with Crippen molar-refractivity contribution in [3.05, 3.63) is 75.5 Å². The Bertz CT molecular complexity index is 1310. The summed E-state index contributed by atoms with van der Waals surface area (Å²) in [4.78, 5) is 27.4. The number of fused-ring (bicyclic) bond motifs is 1. The second-order valence-electron chi connectivity index (χ2n) is 6.71. The highest BCUT2D eigenvalue weighted by atomic mass is 32.1. The van der Waals surface area contributed by atoms with Gasteiger partial charge in [0.05, 0.1) is 17.4 Å². The van der Waals surface area contributed by atoms with Crippen LogP contribution in [0, 0.1) is 18.3 Å². The first kappa shape index (κ1) is 18.8. The van der Waals surface area contributed by atoms with E-state index in [0.717, 1.165) is 20.7 Å². The van der Waals surface area contributed by atoms with Crippen LogP contribution in [-0.4, -0.2) is 20.1 Å². The van der Waals surface area contributed by atoms with Gasteiger partial charge in [0.15, 0.2) is 5.78 Å². The zero-order chi connectivity index (χ0) is 20.4. The molecular weight excluding hydrogens is 384 g/mol. The highest BCUT2D eigenvalue weighted by Gasteiger charge is 2.17. The summed E-state index contributed by atoms with van der Waals surface area (Å²) in [6.07, 6.45) is 2.12. The third-order valence-electron chi connectivity index (χ3n) is 4.71. The lowest BCUT2D eigenvalue weighted by Crippen LogP contribution is -2.26. The maximum absolute atomic E-state index is 13.0. The van der Waals surface area contributed by atoms with Crippen LogP contribution in [0.2, 0.25) is 0 Å². The molecule has 1 aromatic carbocycles. The Labute approximate surface area is 171 Å². The van der Waals surface area contributed by atoms with E-state index in [2.05, 4.69) is 11.2 Å². The van der Waals surface area contributed by atoms with E-state index in [1.165, 1.54) is 10.7 Å². The predicted molar refractivity (Wildman–Crippen MR) is 113 cm³/mol. The van der Waals surface area contributed by atoms with Crippen LogP contribution in [0.5, 0.6) is 0 Å². The lowest BCUT2D eigenvalue weighted by molar-refractivity contribution is 0.0967. The molecule has 0 N–H and O–H groups in total. The minimum Gasteiger partial charge on any atom is -0.346 e. The van der Waals surface area contributed by atoms with Gasteiger partial charge in [0, 0.05) is 40.2 Å². The fraction of sp³-hybridized carbons (Fsp3) is 0.182. The molecule has 0 bridgehead atoms. The summed E-state index contributed by atoms with van der Waals surface area (Å²) in [5.41, 5.74) is 1.79. The van der Waals surface area contributed by atoms with E-state index in [1.54, 1.807) is 23.6 Å². The van der Waals surface area contributed by atoms with Gasteiger partial charge in [-0.3, -0.25) is 9.59 Å². The number of nitrogens with zero attached hydrogens (tertiary/aromatic N) is 4. The van der Waals surface area contributed by atoms with Gasteiger partial charge in [-0.05, 0) is 31.2 Å². The fourth-order valence-corrected chi connectivity index (χ4v) is 4.14. The number of carbonyl (C=O) groups is 1. The van der Waals surface area contributed by atoms with E-state index < -0.39 is 0 Å². The van der Waals surface area contributed by atoms with Gasteiger partial charge in [0.2, 0.25) is 0 Å². The van der Waals surface area contributed by atoms with Gasteiger partial charge in [-0.1, -0.05) is 18.2 Å². The highest BCUT2D eigenvalue weighted by molar-refractivity contribution is 7.15. The Morgan fingerprint density at radius 2 is 2.00 bits per heavy atom. The number of rotatable bonds is 6. The molecule has 6 nitrogen and oxygen atoms in total. The predicted octanol–water partition coefficient (Wildman–Crippen LogP) is 4.03. The summed E-state index contributed by atoms with van der Waals surface area (Å²) in [7, 11) is 0. The number of Topliss-reactive ketones (excluding diaryl/α,β-unsaturated/α-hetero) is 1. The third kappa shape index (κ3) is 3.75. The number of aryl methyl sites for hydroxylation is 2. The molecule has 0 saturated carbocycles. The molecule has 0 fully saturated rings. The van der Waals surface area contributed by atoms with Gasteiger partial charge in [-0.15, -0.1) is 11.3 Å². The number of carbonyl (C=O) groups excluding carboxylic acids is 1. The van der Waals surface area contributed by atoms with Gasteiger partial charge >= 0.3 is 0 Å². The van der Waals surface area contributed by atoms with E-state index in [-0.39, 0.29) is 17.9 Å². The molecule has 0 spiro atoms. The van der Waals surface area contributed by atoms with Crippen LogP contribution in [0.15, 0.2) is 59.5 Å². The van der Waals surface area contributed by atoms with E-state index >= 15 is 0 Å². The van der Waals surface area contributed by atoms with E-state index in [4.69, 9.17) is 5.26 Å². The molecule has 0 atom stereocenters. The summed E-state index contributed by atoms with van der Waals surface area (Å²) in [6, 6.07) is 16.8. The average Bonchev–Trinajstić information content (AvgIpc) is 3.32. The molecule has 4 aromatic rings. The first-order valence-corrected chi connectivity index (χ1v) is 10.0. The fourth-order valence-electron chi connectivity index (χ4n) is 3.31. The van der Waals surface area contributed by atoms with Gasteiger partial charge in [-0.2, -0.15) is 10.4 Å². The van der Waals surface area contributed by atoms with Gasteiger partial charge in [0.25, 0.3) is 5.56 Å². The van der Waals surface area contributed by atoms with Crippen LogP contribution in [0.25, 0.3) is 21.5 Å². The molecule has 0 aliphatic heterocycles. The Morgan fingerprint density at radius 1 is 1.17 bits per heavy atom. The summed E-state index contributed by atoms with van der Waals surface area (Å²) < 4.78 is 3.13. The average molecular weight is 402 g/mol. The molecule has 3 heterocycles. The van der Waals surface area contributed by atoms with Crippen molar-refractivity contribution in [1.29, 1.82) is 5.26 Å². The number of hydrogen-bond acceptors (Lipinski definition) is 5. The summed E-state index contributed by atoms with van der Waals surface area (Å²) >= 11 is 1.59. The molecule has 4 rings (SSSR count). The summed E-state index contributed by atoms with van der Waals surface area (Å²) in [6.45, 7) is 2.38. The van der Waals surface area contributed by atoms with E-state index in [0.29, 0.717) is 24.2 Å². The Kier molecular flexibility index (Phi) is 5.10. The molecular formula is C22H18N4O2S. The molecule has 0 radical (unpaired) electrons. The standard InChI is InChI=1S/C22H18N4O2S/c1-15-7-9-21(29-15)18-8-10-22(28)26(24-18)14-20(27)17-13-25(12-4-11-23)19-6-3-2-5-16(17)19/h2-3,5-10,13H,4,12,14H2,1H3. The van der Waals surface area contributed by atoms with Crippen molar-refractivity contribution in [3.63, 3.8) is 0 Å². The van der Waals surface area contributed by atoms with Crippen LogP contribution in [0.3, 0.4) is 0 Å². The van der Waals surface area contributed by atoms with Crippen molar-refractivity contribution in [3.8, 4) is 16.6 Å². The molecule has 0 saturated heterocycles. The maximum Gasteiger partial charge on any atom is 0.267 e. The second kappa shape index (κ2) is 7.86. The zero-order valence-corrected chi connectivity index (χ0v) is 16.6. The van der Waals surface area contributed by atoms with Crippen molar-refractivity contribution in [1.82, 2.24) is 14.3 Å². The maximum atomic E-state index is 13.0. The molecule has 0 unspecified atom stereocenters. The smallest absolute Gasteiger partial charge is 0.267 e. The third-order valence-corrected chi connectivity index (χ3v) is 5.73. The van der Waals surface area contributed by atoms with Crippen LogP contribution in [0.4, 0.5) is 0 Å². The Morgan fingerprint density at radius 3 is 2.76 bits per heavy atom. The van der Waals surface area contributed by atoms with Crippen LogP contribution in [0.1, 0.15) is 21.7 Å². The lowest BCUT2D eigenvalue weighted by atomic mass is 10.1. The first-order valence-electron chi connectivity index (χ1n) is 9.20. The SMILES string of the molecule is Cc1ccc(-c2ccc(=O)n(CC(=O)c3cn(CCC#N)c4ccccc34)n2)s1. The number of ketones is 1. The molecule has 0 amide bonds. The molecule has 7 heteroatoms. The van der Waals surface area contributed by atoms with Gasteiger partial charge < -0.3 is 4.57 Å². The number of thiophene rings is 1. The molecule has 144 valence electrons. The minimum atomic E-state index is -0.316. The van der Waals surface area contributed by atoms with E-state index in [9.17, 15) is 9.59 Å². The summed E-state index contributed by atoms with van der Waals surface area (Å²) in [5.74, 6) is -0.189. The summed E-state index contributed by atoms with van der Waals surface area (Å²) in [5, 5.41) is 14.1. The number of hydrogen-bond donors (Lipinski definition) is 0. The van der Waals surface area contributed by atoms with Crippen LogP contribution in [-0.2, 0) is 13.1 Å². The Hall–Kier alpha value is -3.50. The van der Waals surface area contributed by atoms with Crippen molar-refractivity contribution in [2.24, 2.45) is 0 Å². The topological polar surface area (TPSA) is 80.7 Å². The monoisotopic (exact) mass is 402 g/mol. The van der Waals surface area contributed by atoms with Crippen molar-refractivity contribution >= 4 is 28.0 Å². The van der Waals surface area contributed by atoms with Crippen LogP contribution >= 0.6 is 11.3 Å². The lowest BCUT2D eigenvalue weighted by Gasteiger charge is -2.05. The van der Waals surface area contributed by atoms with Crippen LogP contribution < -0.4 is 5.56 Å². The molecule has 0 aliphatic carbocycles. The van der Waals surface area contributed by atoms with Gasteiger partial charge in [-0.25, -0.2) is 4.68 Å². The normalized spacial score (nSPS) is 10.9. The Balaban J connectivity index is 1.68.